The van der Waals surface area contributed by atoms with E-state index >= 15 is 0 Å². The molecule has 0 spiro atoms. The largest absolute Gasteiger partial charge is 0.314 e. The number of hydrogen-bond donors (Lipinski definition) is 1. The molecule has 2 nitrogen and oxygen atoms in total. The van der Waals surface area contributed by atoms with Crippen LogP contribution in [0.1, 0.15) is 33.1 Å². The maximum absolute atomic E-state index is 3.49. The van der Waals surface area contributed by atoms with Gasteiger partial charge in [0.1, 0.15) is 0 Å². The van der Waals surface area contributed by atoms with Crippen molar-refractivity contribution in [1.82, 2.24) is 10.2 Å². The molecular formula is C10H24N2. The third-order valence-electron chi connectivity index (χ3n) is 2.14. The summed E-state index contributed by atoms with van der Waals surface area (Å²) in [6, 6.07) is 0.685. The minimum Gasteiger partial charge on any atom is -0.314 e. The number of nitrogens with zero attached hydrogens (tertiary/aromatic N) is 1. The number of unbranched alkanes of at least 4 members (excludes halogenated alkanes) is 1. The van der Waals surface area contributed by atoms with Crippen LogP contribution in [0.2, 0.25) is 0 Å². The van der Waals surface area contributed by atoms with E-state index in [4.69, 9.17) is 0 Å². The van der Waals surface area contributed by atoms with Crippen LogP contribution >= 0.6 is 0 Å². The molecule has 0 aliphatic rings. The predicted molar refractivity (Wildman–Crippen MR) is 55.5 cm³/mol. The summed E-state index contributed by atoms with van der Waals surface area (Å²) in [5.74, 6) is 0. The van der Waals surface area contributed by atoms with Crippen LogP contribution in [0.4, 0.5) is 0 Å². The molecule has 0 aromatic heterocycles. The smallest absolute Gasteiger partial charge is 0.00360 e. The first-order valence-electron chi connectivity index (χ1n) is 5.05. The Hall–Kier alpha value is -0.0800. The van der Waals surface area contributed by atoms with E-state index in [0.29, 0.717) is 6.04 Å². The van der Waals surface area contributed by atoms with Crippen molar-refractivity contribution in [2.45, 2.75) is 39.2 Å². The van der Waals surface area contributed by atoms with E-state index in [2.05, 4.69) is 38.2 Å². The van der Waals surface area contributed by atoms with Crippen molar-refractivity contribution in [1.29, 1.82) is 0 Å². The van der Waals surface area contributed by atoms with Gasteiger partial charge >= 0.3 is 0 Å². The van der Waals surface area contributed by atoms with Gasteiger partial charge in [-0.3, -0.25) is 0 Å². The normalized spacial score (nSPS) is 13.8. The van der Waals surface area contributed by atoms with Crippen LogP contribution in [0.15, 0.2) is 0 Å². The topological polar surface area (TPSA) is 15.3 Å². The molecule has 1 atom stereocenters. The standard InChI is InChI=1S/C10H24N2/c1-5-10(2)11-8-6-7-9-12(3)4/h10-11H,5-9H2,1-4H3. The first-order chi connectivity index (χ1) is 5.66. The zero-order chi connectivity index (χ0) is 9.40. The summed E-state index contributed by atoms with van der Waals surface area (Å²) in [5.41, 5.74) is 0. The average molecular weight is 172 g/mol. The van der Waals surface area contributed by atoms with E-state index in [9.17, 15) is 0 Å². The van der Waals surface area contributed by atoms with Crippen molar-refractivity contribution < 1.29 is 0 Å². The second-order valence-corrected chi connectivity index (χ2v) is 3.77. The molecular weight excluding hydrogens is 148 g/mol. The van der Waals surface area contributed by atoms with Crippen LogP contribution in [-0.2, 0) is 0 Å². The van der Waals surface area contributed by atoms with Gasteiger partial charge in [-0.25, -0.2) is 0 Å². The zero-order valence-corrected chi connectivity index (χ0v) is 9.06. The molecule has 0 heterocycles. The van der Waals surface area contributed by atoms with E-state index in [1.165, 1.54) is 32.4 Å². The first kappa shape index (κ1) is 11.9. The van der Waals surface area contributed by atoms with E-state index in [0.717, 1.165) is 0 Å². The molecule has 1 unspecified atom stereocenters. The fraction of sp³-hybridized carbons (Fsp3) is 1.00. The summed E-state index contributed by atoms with van der Waals surface area (Å²) in [5, 5.41) is 3.49. The van der Waals surface area contributed by atoms with Crippen LogP contribution < -0.4 is 5.32 Å². The lowest BCUT2D eigenvalue weighted by molar-refractivity contribution is 0.388. The minimum absolute atomic E-state index is 0.685. The molecule has 0 aromatic rings. The van der Waals surface area contributed by atoms with Gasteiger partial charge in [0.25, 0.3) is 0 Å². The van der Waals surface area contributed by atoms with Gasteiger partial charge in [-0.2, -0.15) is 0 Å². The Morgan fingerprint density at radius 1 is 1.25 bits per heavy atom. The fourth-order valence-corrected chi connectivity index (χ4v) is 1.05. The highest BCUT2D eigenvalue weighted by atomic mass is 15.0. The molecule has 74 valence electrons. The first-order valence-corrected chi connectivity index (χ1v) is 5.05. The molecule has 0 saturated heterocycles. The van der Waals surface area contributed by atoms with Crippen molar-refractivity contribution >= 4 is 0 Å². The Labute approximate surface area is 77.3 Å². The summed E-state index contributed by atoms with van der Waals surface area (Å²) >= 11 is 0. The summed E-state index contributed by atoms with van der Waals surface area (Å²) in [7, 11) is 4.25. The Balaban J connectivity index is 3.00. The van der Waals surface area contributed by atoms with Crippen LogP contribution in [0.25, 0.3) is 0 Å². The van der Waals surface area contributed by atoms with Crippen LogP contribution in [0, 0.1) is 0 Å². The number of nitrogens with one attached hydrogen (secondary N) is 1. The molecule has 0 radical (unpaired) electrons. The van der Waals surface area contributed by atoms with Crippen LogP contribution in [-0.4, -0.2) is 38.1 Å². The molecule has 0 bridgehead atoms. The van der Waals surface area contributed by atoms with Crippen LogP contribution in [0.3, 0.4) is 0 Å². The Kier molecular flexibility index (Phi) is 7.51. The van der Waals surface area contributed by atoms with Gasteiger partial charge in [-0.1, -0.05) is 6.92 Å². The SMILES string of the molecule is CCC(C)NCCCCN(C)C. The van der Waals surface area contributed by atoms with Gasteiger partial charge in [-0.05, 0) is 53.4 Å². The van der Waals surface area contributed by atoms with Gasteiger partial charge < -0.3 is 10.2 Å². The summed E-state index contributed by atoms with van der Waals surface area (Å²) < 4.78 is 0. The molecule has 0 fully saturated rings. The molecule has 0 amide bonds. The molecule has 0 rings (SSSR count). The monoisotopic (exact) mass is 172 g/mol. The summed E-state index contributed by atoms with van der Waals surface area (Å²) in [4.78, 5) is 2.24. The van der Waals surface area contributed by atoms with Crippen molar-refractivity contribution in [3.63, 3.8) is 0 Å². The van der Waals surface area contributed by atoms with Gasteiger partial charge in [-0.15, -0.1) is 0 Å². The van der Waals surface area contributed by atoms with E-state index in [1.54, 1.807) is 0 Å². The highest BCUT2D eigenvalue weighted by Crippen LogP contribution is 1.92. The third-order valence-corrected chi connectivity index (χ3v) is 2.14. The highest BCUT2D eigenvalue weighted by Gasteiger charge is 1.96. The average Bonchev–Trinajstić information content (AvgIpc) is 2.03. The molecule has 0 aromatic carbocycles. The zero-order valence-electron chi connectivity index (χ0n) is 9.06. The molecule has 0 aliphatic heterocycles. The van der Waals surface area contributed by atoms with Crippen molar-refractivity contribution in [3.8, 4) is 0 Å². The van der Waals surface area contributed by atoms with E-state index in [1.807, 2.05) is 0 Å². The summed E-state index contributed by atoms with van der Waals surface area (Å²) in [6.07, 6.45) is 3.83. The number of hydrogen-bond acceptors (Lipinski definition) is 2. The Morgan fingerprint density at radius 3 is 2.42 bits per heavy atom. The maximum atomic E-state index is 3.49. The molecule has 2 heteroatoms. The van der Waals surface area contributed by atoms with Gasteiger partial charge in [0.2, 0.25) is 0 Å². The van der Waals surface area contributed by atoms with Crippen molar-refractivity contribution in [2.24, 2.45) is 0 Å². The van der Waals surface area contributed by atoms with Crippen molar-refractivity contribution in [3.05, 3.63) is 0 Å². The molecule has 0 aliphatic carbocycles. The molecule has 12 heavy (non-hydrogen) atoms. The third kappa shape index (κ3) is 8.02. The second kappa shape index (κ2) is 7.56. The van der Waals surface area contributed by atoms with Gasteiger partial charge in [0, 0.05) is 6.04 Å². The van der Waals surface area contributed by atoms with Gasteiger partial charge in [0.15, 0.2) is 0 Å². The maximum Gasteiger partial charge on any atom is 0.00360 e. The quantitative estimate of drug-likeness (QED) is 0.588. The molecule has 0 saturated carbocycles. The minimum atomic E-state index is 0.685. The second-order valence-electron chi connectivity index (χ2n) is 3.77. The predicted octanol–water partition coefficient (Wildman–Crippen LogP) is 1.72. The number of rotatable bonds is 7. The van der Waals surface area contributed by atoms with E-state index in [-0.39, 0.29) is 0 Å². The lowest BCUT2D eigenvalue weighted by Crippen LogP contribution is -2.26. The highest BCUT2D eigenvalue weighted by molar-refractivity contribution is 4.57. The summed E-state index contributed by atoms with van der Waals surface area (Å²) in [6.45, 7) is 6.84. The Bertz CT molecular complexity index is 91.8. The molecule has 1 N–H and O–H groups in total. The van der Waals surface area contributed by atoms with E-state index < -0.39 is 0 Å². The Morgan fingerprint density at radius 2 is 1.92 bits per heavy atom. The van der Waals surface area contributed by atoms with Gasteiger partial charge in [0.05, 0.1) is 0 Å². The van der Waals surface area contributed by atoms with Crippen molar-refractivity contribution in [2.75, 3.05) is 27.2 Å². The fourth-order valence-electron chi connectivity index (χ4n) is 1.05. The van der Waals surface area contributed by atoms with Crippen LogP contribution in [0.5, 0.6) is 0 Å². The lowest BCUT2D eigenvalue weighted by Gasteiger charge is -2.12. The lowest BCUT2D eigenvalue weighted by atomic mass is 10.2.